The highest BCUT2D eigenvalue weighted by molar-refractivity contribution is 5.97. The van der Waals surface area contributed by atoms with Crippen LogP contribution >= 0.6 is 0 Å². The summed E-state index contributed by atoms with van der Waals surface area (Å²) in [5.74, 6) is 0.285. The van der Waals surface area contributed by atoms with Gasteiger partial charge in [-0.2, -0.15) is 0 Å². The lowest BCUT2D eigenvalue weighted by molar-refractivity contribution is -0.135. The Kier molecular flexibility index (Phi) is 3.57. The van der Waals surface area contributed by atoms with Crippen LogP contribution in [0, 0.1) is 6.92 Å². The number of Topliss-reactive ketones (excluding diaryl/α,β-unsaturated/α-hetero) is 1. The normalized spacial score (nSPS) is 17.0. The van der Waals surface area contributed by atoms with Crippen LogP contribution in [-0.4, -0.2) is 11.8 Å². The second-order valence-electron chi connectivity index (χ2n) is 5.41. The minimum absolute atomic E-state index is 0.0572. The molecule has 0 saturated carbocycles. The average Bonchev–Trinajstić information content (AvgIpc) is 2.47. The molecule has 3 nitrogen and oxygen atoms in total. The largest absolute Gasteiger partial charge is 0.426 e. The number of rotatable bonds is 3. The quantitative estimate of drug-likeness (QED) is 0.489. The fraction of sp³-hybridized carbons (Fsp3) is 0.222. The lowest BCUT2D eigenvalue weighted by atomic mass is 9.86. The molecule has 0 fully saturated rings. The predicted molar refractivity (Wildman–Crippen MR) is 79.6 cm³/mol. The number of carbonyl (C=O) groups is 2. The third-order valence-corrected chi connectivity index (χ3v) is 3.77. The Morgan fingerprint density at radius 2 is 1.95 bits per heavy atom. The number of ketones is 1. The monoisotopic (exact) mass is 280 g/mol. The van der Waals surface area contributed by atoms with Gasteiger partial charge in [-0.15, -0.1) is 0 Å². The smallest absolute Gasteiger partial charge is 0.311 e. The average molecular weight is 280 g/mol. The fourth-order valence-corrected chi connectivity index (χ4v) is 2.69. The highest BCUT2D eigenvalue weighted by Crippen LogP contribution is 2.37. The van der Waals surface area contributed by atoms with Gasteiger partial charge in [0.15, 0.2) is 5.78 Å². The zero-order chi connectivity index (χ0) is 14.8. The molecule has 0 spiro atoms. The van der Waals surface area contributed by atoms with E-state index in [4.69, 9.17) is 4.74 Å². The van der Waals surface area contributed by atoms with Crippen molar-refractivity contribution >= 4 is 11.8 Å². The predicted octanol–water partition coefficient (Wildman–Crippen LogP) is 3.66. The Balaban J connectivity index is 1.87. The topological polar surface area (TPSA) is 43.4 Å². The molecule has 0 N–H and O–H groups in total. The molecular formula is C18H16O3. The van der Waals surface area contributed by atoms with E-state index < -0.39 is 0 Å². The summed E-state index contributed by atoms with van der Waals surface area (Å²) in [4.78, 5) is 24.1. The first-order chi connectivity index (χ1) is 10.1. The van der Waals surface area contributed by atoms with E-state index in [1.807, 2.05) is 43.3 Å². The molecule has 0 aromatic heterocycles. The lowest BCUT2D eigenvalue weighted by Gasteiger charge is -2.24. The number of benzene rings is 2. The molecular weight excluding hydrogens is 264 g/mol. The van der Waals surface area contributed by atoms with Crippen molar-refractivity contribution in [2.45, 2.75) is 25.7 Å². The first-order valence-corrected chi connectivity index (χ1v) is 7.03. The standard InChI is InChI=1S/C18H16O3/c1-12-7-8-15-14(11-18(20)21-17(15)9-12)10-16(19)13-5-3-2-4-6-13/h2-9,14H,10-11H2,1H3. The van der Waals surface area contributed by atoms with Gasteiger partial charge >= 0.3 is 5.97 Å². The highest BCUT2D eigenvalue weighted by atomic mass is 16.5. The second-order valence-corrected chi connectivity index (χ2v) is 5.41. The summed E-state index contributed by atoms with van der Waals surface area (Å²) in [6.07, 6.45) is 0.587. The summed E-state index contributed by atoms with van der Waals surface area (Å²) in [5, 5.41) is 0. The zero-order valence-corrected chi connectivity index (χ0v) is 11.8. The van der Waals surface area contributed by atoms with Crippen molar-refractivity contribution in [2.24, 2.45) is 0 Å². The maximum Gasteiger partial charge on any atom is 0.311 e. The van der Waals surface area contributed by atoms with Crippen molar-refractivity contribution in [3.05, 3.63) is 65.2 Å². The molecule has 1 aliphatic heterocycles. The van der Waals surface area contributed by atoms with Crippen molar-refractivity contribution in [2.75, 3.05) is 0 Å². The first kappa shape index (κ1) is 13.6. The number of hydrogen-bond donors (Lipinski definition) is 0. The Morgan fingerprint density at radius 1 is 1.19 bits per heavy atom. The van der Waals surface area contributed by atoms with E-state index in [2.05, 4.69) is 0 Å². The molecule has 1 unspecified atom stereocenters. The van der Waals surface area contributed by atoms with E-state index in [-0.39, 0.29) is 24.1 Å². The van der Waals surface area contributed by atoms with Gasteiger partial charge in [-0.3, -0.25) is 9.59 Å². The van der Waals surface area contributed by atoms with Crippen molar-refractivity contribution < 1.29 is 14.3 Å². The highest BCUT2D eigenvalue weighted by Gasteiger charge is 2.29. The molecule has 21 heavy (non-hydrogen) atoms. The van der Waals surface area contributed by atoms with Crippen LogP contribution in [0.4, 0.5) is 0 Å². The molecule has 3 heteroatoms. The van der Waals surface area contributed by atoms with Gasteiger partial charge in [0.2, 0.25) is 0 Å². The molecule has 106 valence electrons. The molecule has 0 bridgehead atoms. The van der Waals surface area contributed by atoms with Crippen LogP contribution < -0.4 is 4.74 Å². The summed E-state index contributed by atoms with van der Waals surface area (Å²) in [6, 6.07) is 15.0. The van der Waals surface area contributed by atoms with Gasteiger partial charge in [-0.25, -0.2) is 0 Å². The van der Waals surface area contributed by atoms with Crippen molar-refractivity contribution in [1.29, 1.82) is 0 Å². The Morgan fingerprint density at radius 3 is 2.71 bits per heavy atom. The number of esters is 1. The van der Waals surface area contributed by atoms with Crippen molar-refractivity contribution in [1.82, 2.24) is 0 Å². The maximum atomic E-state index is 12.3. The Labute approximate surface area is 123 Å². The number of carbonyl (C=O) groups excluding carboxylic acids is 2. The third-order valence-electron chi connectivity index (χ3n) is 3.77. The van der Waals surface area contributed by atoms with Crippen molar-refractivity contribution in [3.8, 4) is 5.75 Å². The van der Waals surface area contributed by atoms with Gasteiger partial charge in [-0.1, -0.05) is 42.5 Å². The van der Waals surface area contributed by atoms with Gasteiger partial charge in [0.1, 0.15) is 5.75 Å². The van der Waals surface area contributed by atoms with Gasteiger partial charge in [0.25, 0.3) is 0 Å². The van der Waals surface area contributed by atoms with E-state index in [0.29, 0.717) is 17.7 Å². The van der Waals surface area contributed by atoms with E-state index in [9.17, 15) is 9.59 Å². The maximum absolute atomic E-state index is 12.3. The van der Waals surface area contributed by atoms with E-state index in [0.717, 1.165) is 11.1 Å². The fourth-order valence-electron chi connectivity index (χ4n) is 2.69. The molecule has 1 heterocycles. The number of fused-ring (bicyclic) bond motifs is 1. The van der Waals surface area contributed by atoms with E-state index in [1.54, 1.807) is 12.1 Å². The van der Waals surface area contributed by atoms with Crippen LogP contribution in [0.15, 0.2) is 48.5 Å². The Hall–Kier alpha value is -2.42. The van der Waals surface area contributed by atoms with Crippen LogP contribution in [0.25, 0.3) is 0 Å². The van der Waals surface area contributed by atoms with Crippen LogP contribution in [-0.2, 0) is 4.79 Å². The van der Waals surface area contributed by atoms with Crippen LogP contribution in [0.5, 0.6) is 5.75 Å². The molecule has 1 aliphatic rings. The summed E-state index contributed by atoms with van der Waals surface area (Å²) in [5.41, 5.74) is 2.67. The molecule has 1 atom stereocenters. The Bertz CT molecular complexity index is 689. The van der Waals surface area contributed by atoms with E-state index in [1.165, 1.54) is 0 Å². The first-order valence-electron chi connectivity index (χ1n) is 7.03. The molecule has 0 saturated heterocycles. The minimum atomic E-state index is -0.265. The zero-order valence-electron chi connectivity index (χ0n) is 11.8. The molecule has 3 rings (SSSR count). The SMILES string of the molecule is Cc1ccc2c(c1)OC(=O)CC2CC(=O)c1ccccc1. The van der Waals surface area contributed by atoms with Gasteiger partial charge in [-0.05, 0) is 24.1 Å². The summed E-state index contributed by atoms with van der Waals surface area (Å²) in [7, 11) is 0. The molecule has 0 aliphatic carbocycles. The number of ether oxygens (including phenoxy) is 1. The van der Waals surface area contributed by atoms with E-state index >= 15 is 0 Å². The molecule has 2 aromatic carbocycles. The summed E-state index contributed by atoms with van der Waals surface area (Å²) in [6.45, 7) is 1.95. The van der Waals surface area contributed by atoms with Gasteiger partial charge < -0.3 is 4.74 Å². The lowest BCUT2D eigenvalue weighted by Crippen LogP contribution is -2.22. The molecule has 2 aromatic rings. The van der Waals surface area contributed by atoms with Crippen LogP contribution in [0.1, 0.15) is 40.2 Å². The molecule has 0 radical (unpaired) electrons. The molecule has 0 amide bonds. The van der Waals surface area contributed by atoms with Crippen LogP contribution in [0.3, 0.4) is 0 Å². The van der Waals surface area contributed by atoms with Crippen LogP contribution in [0.2, 0.25) is 0 Å². The third kappa shape index (κ3) is 2.87. The van der Waals surface area contributed by atoms with Gasteiger partial charge in [0, 0.05) is 17.9 Å². The number of hydrogen-bond acceptors (Lipinski definition) is 3. The number of aryl methyl sites for hydroxylation is 1. The minimum Gasteiger partial charge on any atom is -0.426 e. The summed E-state index contributed by atoms with van der Waals surface area (Å²) >= 11 is 0. The van der Waals surface area contributed by atoms with Crippen molar-refractivity contribution in [3.63, 3.8) is 0 Å². The van der Waals surface area contributed by atoms with Gasteiger partial charge in [0.05, 0.1) is 6.42 Å². The second kappa shape index (κ2) is 5.52. The summed E-state index contributed by atoms with van der Waals surface area (Å²) < 4.78 is 5.28.